The Labute approximate surface area is 146 Å². The van der Waals surface area contributed by atoms with Crippen molar-refractivity contribution < 1.29 is 0 Å². The highest BCUT2D eigenvalue weighted by molar-refractivity contribution is 5.77. The number of hydrogen-bond acceptors (Lipinski definition) is 4. The lowest BCUT2D eigenvalue weighted by Crippen LogP contribution is -2.26. The van der Waals surface area contributed by atoms with Crippen molar-refractivity contribution in [3.63, 3.8) is 0 Å². The van der Waals surface area contributed by atoms with Crippen LogP contribution < -0.4 is 5.56 Å². The van der Waals surface area contributed by atoms with Crippen LogP contribution in [-0.4, -0.2) is 31.2 Å². The van der Waals surface area contributed by atoms with E-state index >= 15 is 0 Å². The van der Waals surface area contributed by atoms with Crippen molar-refractivity contribution in [3.05, 3.63) is 57.4 Å². The highest BCUT2D eigenvalue weighted by Gasteiger charge is 2.30. The van der Waals surface area contributed by atoms with E-state index in [1.807, 2.05) is 36.0 Å². The van der Waals surface area contributed by atoms with Gasteiger partial charge in [-0.1, -0.05) is 12.1 Å². The largest absolute Gasteiger partial charge is 0.309 e. The molecule has 1 saturated heterocycles. The Bertz CT molecular complexity index is 987. The van der Waals surface area contributed by atoms with Gasteiger partial charge in [0.1, 0.15) is 5.82 Å². The molecular formula is C19H23N5O. The average Bonchev–Trinajstić information content (AvgIpc) is 3.12. The van der Waals surface area contributed by atoms with Crippen molar-refractivity contribution >= 4 is 10.9 Å². The Hall–Kier alpha value is -2.47. The zero-order valence-electron chi connectivity index (χ0n) is 14.9. The number of H-pyrrole nitrogens is 1. The monoisotopic (exact) mass is 337 g/mol. The van der Waals surface area contributed by atoms with E-state index < -0.39 is 0 Å². The summed E-state index contributed by atoms with van der Waals surface area (Å²) in [6.07, 6.45) is 2.27. The number of fused-ring (bicyclic) bond motifs is 1. The summed E-state index contributed by atoms with van der Waals surface area (Å²) >= 11 is 0. The van der Waals surface area contributed by atoms with E-state index in [2.05, 4.69) is 33.8 Å². The number of aromatic nitrogens is 4. The Balaban J connectivity index is 1.67. The number of benzene rings is 1. The van der Waals surface area contributed by atoms with E-state index in [4.69, 9.17) is 0 Å². The van der Waals surface area contributed by atoms with Crippen LogP contribution in [0.15, 0.2) is 29.1 Å². The van der Waals surface area contributed by atoms with Crippen molar-refractivity contribution in [2.24, 2.45) is 7.05 Å². The molecule has 0 amide bonds. The lowest BCUT2D eigenvalue weighted by molar-refractivity contribution is 0.241. The fourth-order valence-corrected chi connectivity index (χ4v) is 4.02. The highest BCUT2D eigenvalue weighted by Crippen LogP contribution is 2.36. The maximum Gasteiger partial charge on any atom is 0.258 e. The van der Waals surface area contributed by atoms with Crippen LogP contribution in [0.5, 0.6) is 0 Å². The molecule has 0 unspecified atom stereocenters. The van der Waals surface area contributed by atoms with Crippen molar-refractivity contribution in [3.8, 4) is 0 Å². The summed E-state index contributed by atoms with van der Waals surface area (Å²) in [6.45, 7) is 5.87. The third-order valence-electron chi connectivity index (χ3n) is 5.28. The van der Waals surface area contributed by atoms with E-state index in [-0.39, 0.29) is 5.56 Å². The molecule has 6 nitrogen and oxygen atoms in total. The first kappa shape index (κ1) is 16.0. The number of likely N-dealkylation sites (tertiary alicyclic amines) is 1. The summed E-state index contributed by atoms with van der Waals surface area (Å²) in [5.74, 6) is 0.731. The summed E-state index contributed by atoms with van der Waals surface area (Å²) in [7, 11) is 1.99. The molecule has 3 aromatic rings. The van der Waals surface area contributed by atoms with E-state index in [1.54, 1.807) is 0 Å². The number of rotatable bonds is 3. The van der Waals surface area contributed by atoms with Gasteiger partial charge in [-0.15, -0.1) is 0 Å². The van der Waals surface area contributed by atoms with Crippen LogP contribution in [-0.2, 0) is 13.6 Å². The van der Waals surface area contributed by atoms with Gasteiger partial charge in [0.15, 0.2) is 0 Å². The Kier molecular flexibility index (Phi) is 3.92. The lowest BCUT2D eigenvalue weighted by atomic mass is 10.0. The van der Waals surface area contributed by atoms with Crippen LogP contribution in [0.4, 0.5) is 0 Å². The second kappa shape index (κ2) is 6.11. The summed E-state index contributed by atoms with van der Waals surface area (Å²) in [6, 6.07) is 7.82. The SMILES string of the molecule is Cc1nn(C)c(C)c1[C@H]1CCCN1Cc1nc2ccccc2c(=O)[nH]1. The van der Waals surface area contributed by atoms with Crippen LogP contribution >= 0.6 is 0 Å². The van der Waals surface area contributed by atoms with Gasteiger partial charge in [-0.05, 0) is 45.4 Å². The second-order valence-corrected chi connectivity index (χ2v) is 6.87. The normalized spacial score (nSPS) is 18.3. The first-order valence-corrected chi connectivity index (χ1v) is 8.76. The van der Waals surface area contributed by atoms with Gasteiger partial charge in [-0.25, -0.2) is 4.98 Å². The van der Waals surface area contributed by atoms with Crippen molar-refractivity contribution in [1.29, 1.82) is 0 Å². The molecule has 3 heterocycles. The fraction of sp³-hybridized carbons (Fsp3) is 0.421. The van der Waals surface area contributed by atoms with E-state index in [9.17, 15) is 4.79 Å². The quantitative estimate of drug-likeness (QED) is 0.798. The maximum absolute atomic E-state index is 12.3. The summed E-state index contributed by atoms with van der Waals surface area (Å²) in [5, 5.41) is 5.21. The minimum atomic E-state index is -0.0647. The number of nitrogens with one attached hydrogen (secondary N) is 1. The van der Waals surface area contributed by atoms with Gasteiger partial charge in [-0.3, -0.25) is 14.4 Å². The molecule has 25 heavy (non-hydrogen) atoms. The van der Waals surface area contributed by atoms with Gasteiger partial charge in [0.05, 0.1) is 23.1 Å². The zero-order chi connectivity index (χ0) is 17.6. The molecule has 0 bridgehead atoms. The molecule has 1 fully saturated rings. The molecular weight excluding hydrogens is 314 g/mol. The molecule has 0 spiro atoms. The lowest BCUT2D eigenvalue weighted by Gasteiger charge is -2.24. The predicted molar refractivity (Wildman–Crippen MR) is 97.4 cm³/mol. The molecule has 0 aliphatic carbocycles. The minimum absolute atomic E-state index is 0.0647. The van der Waals surface area contributed by atoms with E-state index in [0.717, 1.165) is 36.4 Å². The summed E-state index contributed by atoms with van der Waals surface area (Å²) in [4.78, 5) is 22.3. The Morgan fingerprint density at radius 2 is 2.08 bits per heavy atom. The molecule has 1 aliphatic heterocycles. The minimum Gasteiger partial charge on any atom is -0.309 e. The average molecular weight is 337 g/mol. The van der Waals surface area contributed by atoms with Crippen LogP contribution in [0.25, 0.3) is 10.9 Å². The van der Waals surface area contributed by atoms with Crippen molar-refractivity contribution in [1.82, 2.24) is 24.6 Å². The molecule has 1 aliphatic rings. The molecule has 4 rings (SSSR count). The highest BCUT2D eigenvalue weighted by atomic mass is 16.1. The molecule has 6 heteroatoms. The van der Waals surface area contributed by atoms with Gasteiger partial charge in [0, 0.05) is 24.3 Å². The Morgan fingerprint density at radius 3 is 2.84 bits per heavy atom. The number of aryl methyl sites for hydroxylation is 2. The standard InChI is InChI=1S/C19H23N5O/c1-12-18(13(2)23(3)22-12)16-9-6-10-24(16)11-17-20-15-8-5-4-7-14(15)19(25)21-17/h4-5,7-8,16H,6,9-11H2,1-3H3,(H,20,21,25)/t16-/m1/s1. The van der Waals surface area contributed by atoms with E-state index in [0.29, 0.717) is 18.0 Å². The van der Waals surface area contributed by atoms with Crippen LogP contribution in [0.1, 0.15) is 41.7 Å². The predicted octanol–water partition coefficient (Wildman–Crippen LogP) is 2.61. The molecule has 1 aromatic carbocycles. The number of hydrogen-bond donors (Lipinski definition) is 1. The van der Waals surface area contributed by atoms with Gasteiger partial charge >= 0.3 is 0 Å². The van der Waals surface area contributed by atoms with Crippen molar-refractivity contribution in [2.45, 2.75) is 39.3 Å². The summed E-state index contributed by atoms with van der Waals surface area (Å²) < 4.78 is 1.96. The molecule has 1 N–H and O–H groups in total. The van der Waals surface area contributed by atoms with Gasteiger partial charge in [0.25, 0.3) is 5.56 Å². The maximum atomic E-state index is 12.3. The Morgan fingerprint density at radius 1 is 1.28 bits per heavy atom. The fourth-order valence-electron chi connectivity index (χ4n) is 4.02. The molecule has 1 atom stereocenters. The topological polar surface area (TPSA) is 66.8 Å². The van der Waals surface area contributed by atoms with Gasteiger partial charge in [0.2, 0.25) is 0 Å². The summed E-state index contributed by atoms with van der Waals surface area (Å²) in [5.41, 5.74) is 4.32. The van der Waals surface area contributed by atoms with E-state index in [1.165, 1.54) is 11.3 Å². The van der Waals surface area contributed by atoms with Gasteiger partial charge < -0.3 is 4.98 Å². The zero-order valence-corrected chi connectivity index (χ0v) is 14.9. The molecule has 130 valence electrons. The van der Waals surface area contributed by atoms with Crippen LogP contribution in [0.3, 0.4) is 0 Å². The first-order valence-electron chi connectivity index (χ1n) is 8.76. The van der Waals surface area contributed by atoms with Crippen LogP contribution in [0.2, 0.25) is 0 Å². The molecule has 2 aromatic heterocycles. The third kappa shape index (κ3) is 2.76. The number of aromatic amines is 1. The van der Waals surface area contributed by atoms with Crippen molar-refractivity contribution in [2.75, 3.05) is 6.54 Å². The van der Waals surface area contributed by atoms with Gasteiger partial charge in [-0.2, -0.15) is 5.10 Å². The number of para-hydroxylation sites is 1. The smallest absolute Gasteiger partial charge is 0.258 e. The third-order valence-corrected chi connectivity index (χ3v) is 5.28. The second-order valence-electron chi connectivity index (χ2n) is 6.87. The number of nitrogens with zero attached hydrogens (tertiary/aromatic N) is 4. The van der Waals surface area contributed by atoms with Crippen LogP contribution in [0, 0.1) is 13.8 Å². The first-order chi connectivity index (χ1) is 12.0. The molecule has 0 saturated carbocycles. The molecule has 0 radical (unpaired) electrons.